The average Bonchev–Trinajstić information content (AvgIpc) is 2.56. The summed E-state index contributed by atoms with van der Waals surface area (Å²) in [6.45, 7) is -0.668. The molecule has 0 saturated carbocycles. The van der Waals surface area contributed by atoms with Crippen molar-refractivity contribution in [3.05, 3.63) is 58.6 Å². The summed E-state index contributed by atoms with van der Waals surface area (Å²) in [5.74, 6) is -3.12. The Morgan fingerprint density at radius 1 is 1.12 bits per heavy atom. The van der Waals surface area contributed by atoms with Crippen molar-refractivity contribution < 1.29 is 27.8 Å². The van der Waals surface area contributed by atoms with Gasteiger partial charge >= 0.3 is 5.97 Å². The van der Waals surface area contributed by atoms with Crippen LogP contribution in [0.3, 0.4) is 0 Å². The summed E-state index contributed by atoms with van der Waals surface area (Å²) in [7, 11) is 1.29. The van der Waals surface area contributed by atoms with Gasteiger partial charge in [0.1, 0.15) is 5.82 Å². The largest absolute Gasteiger partial charge is 0.494 e. The first-order chi connectivity index (χ1) is 11.4. The SMILES string of the molecule is COc1ccc(C(=O)OCC(=O)Nc2cc(Cl)ccc2F)cc1F. The van der Waals surface area contributed by atoms with E-state index in [-0.39, 0.29) is 22.0 Å². The summed E-state index contributed by atoms with van der Waals surface area (Å²) in [6, 6.07) is 7.10. The predicted molar refractivity (Wildman–Crippen MR) is 83.3 cm³/mol. The molecule has 0 radical (unpaired) electrons. The summed E-state index contributed by atoms with van der Waals surface area (Å²) in [6.07, 6.45) is 0. The monoisotopic (exact) mass is 355 g/mol. The van der Waals surface area contributed by atoms with E-state index >= 15 is 0 Å². The average molecular weight is 356 g/mol. The van der Waals surface area contributed by atoms with Crippen molar-refractivity contribution in [2.45, 2.75) is 0 Å². The second-order valence-electron chi connectivity index (χ2n) is 4.60. The van der Waals surface area contributed by atoms with E-state index < -0.39 is 30.1 Å². The van der Waals surface area contributed by atoms with E-state index in [1.165, 1.54) is 31.4 Å². The standard InChI is InChI=1S/C16H12ClF2NO4/c1-23-14-5-2-9(6-12(14)19)16(22)24-8-15(21)20-13-7-10(17)3-4-11(13)18/h2-7H,8H2,1H3,(H,20,21). The Morgan fingerprint density at radius 3 is 2.54 bits per heavy atom. The number of halogens is 3. The fourth-order valence-corrected chi connectivity index (χ4v) is 1.96. The van der Waals surface area contributed by atoms with Gasteiger partial charge in [0.15, 0.2) is 18.2 Å². The van der Waals surface area contributed by atoms with Crippen molar-refractivity contribution in [2.75, 3.05) is 19.0 Å². The topological polar surface area (TPSA) is 64.6 Å². The van der Waals surface area contributed by atoms with Gasteiger partial charge in [-0.3, -0.25) is 4.79 Å². The smallest absolute Gasteiger partial charge is 0.338 e. The molecule has 0 atom stereocenters. The van der Waals surface area contributed by atoms with Crippen molar-refractivity contribution in [2.24, 2.45) is 0 Å². The molecule has 0 fully saturated rings. The highest BCUT2D eigenvalue weighted by molar-refractivity contribution is 6.30. The van der Waals surface area contributed by atoms with Crippen LogP contribution in [0.15, 0.2) is 36.4 Å². The molecule has 0 heterocycles. The number of nitrogens with one attached hydrogen (secondary N) is 1. The van der Waals surface area contributed by atoms with Crippen LogP contribution in [-0.4, -0.2) is 25.6 Å². The highest BCUT2D eigenvalue weighted by atomic mass is 35.5. The van der Waals surface area contributed by atoms with Gasteiger partial charge in [-0.25, -0.2) is 13.6 Å². The van der Waals surface area contributed by atoms with E-state index in [4.69, 9.17) is 21.1 Å². The number of benzene rings is 2. The normalized spacial score (nSPS) is 10.2. The zero-order valence-electron chi connectivity index (χ0n) is 12.4. The van der Waals surface area contributed by atoms with E-state index in [1.54, 1.807) is 0 Å². The Hall–Kier alpha value is -2.67. The van der Waals surface area contributed by atoms with Crippen LogP contribution >= 0.6 is 11.6 Å². The fourth-order valence-electron chi connectivity index (χ4n) is 1.79. The Kier molecular flexibility index (Phi) is 5.70. The lowest BCUT2D eigenvalue weighted by Crippen LogP contribution is -2.21. The zero-order chi connectivity index (χ0) is 17.7. The number of ether oxygens (including phenoxy) is 2. The third-order valence-electron chi connectivity index (χ3n) is 2.92. The maximum absolute atomic E-state index is 13.5. The van der Waals surface area contributed by atoms with Crippen LogP contribution in [0.2, 0.25) is 5.02 Å². The molecular weight excluding hydrogens is 344 g/mol. The van der Waals surface area contributed by atoms with Crippen molar-refractivity contribution >= 4 is 29.2 Å². The van der Waals surface area contributed by atoms with E-state index in [9.17, 15) is 18.4 Å². The number of anilines is 1. The molecule has 2 rings (SSSR count). The van der Waals surface area contributed by atoms with Gasteiger partial charge in [-0.05, 0) is 36.4 Å². The maximum Gasteiger partial charge on any atom is 0.338 e. The van der Waals surface area contributed by atoms with Crippen molar-refractivity contribution in [1.29, 1.82) is 0 Å². The summed E-state index contributed by atoms with van der Waals surface area (Å²) in [5, 5.41) is 2.45. The van der Waals surface area contributed by atoms with Crippen LogP contribution < -0.4 is 10.1 Å². The number of rotatable bonds is 5. The van der Waals surface area contributed by atoms with Gasteiger partial charge in [-0.1, -0.05) is 11.6 Å². The number of hydrogen-bond donors (Lipinski definition) is 1. The van der Waals surface area contributed by atoms with Crippen LogP contribution in [0.1, 0.15) is 10.4 Å². The van der Waals surface area contributed by atoms with Crippen LogP contribution in [0, 0.1) is 11.6 Å². The lowest BCUT2D eigenvalue weighted by molar-refractivity contribution is -0.119. The first-order valence-electron chi connectivity index (χ1n) is 6.66. The number of hydrogen-bond acceptors (Lipinski definition) is 4. The molecule has 5 nitrogen and oxygen atoms in total. The van der Waals surface area contributed by atoms with Gasteiger partial charge in [0, 0.05) is 5.02 Å². The molecule has 2 aromatic rings. The minimum Gasteiger partial charge on any atom is -0.494 e. The molecule has 0 unspecified atom stereocenters. The molecule has 0 aromatic heterocycles. The van der Waals surface area contributed by atoms with E-state index in [2.05, 4.69) is 5.32 Å². The second kappa shape index (κ2) is 7.74. The molecule has 0 bridgehead atoms. The fraction of sp³-hybridized carbons (Fsp3) is 0.125. The van der Waals surface area contributed by atoms with Gasteiger partial charge < -0.3 is 14.8 Å². The number of methoxy groups -OCH3 is 1. The Balaban J connectivity index is 1.95. The van der Waals surface area contributed by atoms with Crippen LogP contribution in [0.5, 0.6) is 5.75 Å². The van der Waals surface area contributed by atoms with Crippen LogP contribution in [-0.2, 0) is 9.53 Å². The minimum atomic E-state index is -0.904. The van der Waals surface area contributed by atoms with E-state index in [0.29, 0.717) is 0 Å². The van der Waals surface area contributed by atoms with Crippen LogP contribution in [0.25, 0.3) is 0 Å². The van der Waals surface area contributed by atoms with Crippen molar-refractivity contribution in [1.82, 2.24) is 0 Å². The summed E-state index contributed by atoms with van der Waals surface area (Å²) < 4.78 is 36.5. The Labute approximate surface area is 141 Å². The van der Waals surface area contributed by atoms with Crippen LogP contribution in [0.4, 0.5) is 14.5 Å². The molecule has 0 aliphatic heterocycles. The van der Waals surface area contributed by atoms with Gasteiger partial charge in [0.2, 0.25) is 0 Å². The molecule has 126 valence electrons. The van der Waals surface area contributed by atoms with Gasteiger partial charge in [-0.15, -0.1) is 0 Å². The number of esters is 1. The molecule has 0 saturated heterocycles. The molecule has 24 heavy (non-hydrogen) atoms. The molecule has 8 heteroatoms. The van der Waals surface area contributed by atoms with Gasteiger partial charge in [0.05, 0.1) is 18.4 Å². The van der Waals surface area contributed by atoms with E-state index in [0.717, 1.165) is 12.1 Å². The van der Waals surface area contributed by atoms with Crippen molar-refractivity contribution in [3.63, 3.8) is 0 Å². The number of carbonyl (C=O) groups excluding carboxylic acids is 2. The summed E-state index contributed by atoms with van der Waals surface area (Å²) in [4.78, 5) is 23.5. The Morgan fingerprint density at radius 2 is 1.88 bits per heavy atom. The second-order valence-corrected chi connectivity index (χ2v) is 5.03. The molecule has 1 amide bonds. The lowest BCUT2D eigenvalue weighted by Gasteiger charge is -2.08. The zero-order valence-corrected chi connectivity index (χ0v) is 13.2. The molecular formula is C16H12ClF2NO4. The summed E-state index contributed by atoms with van der Waals surface area (Å²) >= 11 is 5.70. The van der Waals surface area contributed by atoms with Gasteiger partial charge in [-0.2, -0.15) is 0 Å². The molecule has 2 aromatic carbocycles. The molecule has 1 N–H and O–H groups in total. The third-order valence-corrected chi connectivity index (χ3v) is 3.16. The van der Waals surface area contributed by atoms with Gasteiger partial charge in [0.25, 0.3) is 5.91 Å². The lowest BCUT2D eigenvalue weighted by atomic mass is 10.2. The minimum absolute atomic E-state index is 0.0271. The Bertz CT molecular complexity index is 783. The molecule has 0 spiro atoms. The van der Waals surface area contributed by atoms with E-state index in [1.807, 2.05) is 0 Å². The first-order valence-corrected chi connectivity index (χ1v) is 7.04. The molecule has 0 aliphatic carbocycles. The molecule has 0 aliphatic rings. The van der Waals surface area contributed by atoms with Crippen molar-refractivity contribution in [3.8, 4) is 5.75 Å². The highest BCUT2D eigenvalue weighted by Gasteiger charge is 2.14. The quantitative estimate of drug-likeness (QED) is 0.835. The highest BCUT2D eigenvalue weighted by Crippen LogP contribution is 2.20. The maximum atomic E-state index is 13.5. The number of carbonyl (C=O) groups is 2. The number of amides is 1. The first kappa shape index (κ1) is 17.7. The summed E-state index contributed by atoms with van der Waals surface area (Å²) in [5.41, 5.74) is -0.228. The predicted octanol–water partition coefficient (Wildman–Crippen LogP) is 3.42. The third kappa shape index (κ3) is 4.42.